The third-order valence-electron chi connectivity index (χ3n) is 2.49. The average molecular weight is 238 g/mol. The van der Waals surface area contributed by atoms with Crippen molar-refractivity contribution in [2.24, 2.45) is 11.7 Å². The topological polar surface area (TPSA) is 61.8 Å². The Hall–Kier alpha value is -1.24. The second kappa shape index (κ2) is 5.74. The Morgan fingerprint density at radius 3 is 2.75 bits per heavy atom. The largest absolute Gasteiger partial charge is 0.382 e. The van der Waals surface area contributed by atoms with Crippen molar-refractivity contribution in [1.29, 1.82) is 5.26 Å². The van der Waals surface area contributed by atoms with E-state index in [4.69, 9.17) is 22.6 Å². The fraction of sp³-hybridized carbons (Fsp3) is 0.417. The standard InChI is InChI=1S/C12H16ClN3/c1-8(2)11(15)7-16-12-5-10(13)4-3-9(12)6-14/h3-5,8,11,16H,7,15H2,1-2H3. The molecule has 0 aromatic heterocycles. The van der Waals surface area contributed by atoms with Crippen LogP contribution in [-0.4, -0.2) is 12.6 Å². The van der Waals surface area contributed by atoms with Gasteiger partial charge in [-0.2, -0.15) is 5.26 Å². The SMILES string of the molecule is CC(C)C(N)CNc1cc(Cl)ccc1C#N. The lowest BCUT2D eigenvalue weighted by atomic mass is 10.1. The van der Waals surface area contributed by atoms with Gasteiger partial charge in [0.2, 0.25) is 0 Å². The summed E-state index contributed by atoms with van der Waals surface area (Å²) in [6, 6.07) is 7.32. The van der Waals surface area contributed by atoms with Crippen LogP contribution in [0.15, 0.2) is 18.2 Å². The lowest BCUT2D eigenvalue weighted by Crippen LogP contribution is -2.34. The Kier molecular flexibility index (Phi) is 4.60. The van der Waals surface area contributed by atoms with Gasteiger partial charge >= 0.3 is 0 Å². The first-order chi connectivity index (χ1) is 7.54. The Morgan fingerprint density at radius 2 is 2.19 bits per heavy atom. The molecule has 1 aromatic carbocycles. The number of nitrogens with two attached hydrogens (primary N) is 1. The Morgan fingerprint density at radius 1 is 1.50 bits per heavy atom. The number of anilines is 1. The molecule has 1 unspecified atom stereocenters. The van der Waals surface area contributed by atoms with Gasteiger partial charge in [0.05, 0.1) is 11.3 Å². The zero-order valence-electron chi connectivity index (χ0n) is 9.50. The summed E-state index contributed by atoms with van der Waals surface area (Å²) in [6.45, 7) is 4.76. The maximum Gasteiger partial charge on any atom is 0.101 e. The molecule has 3 nitrogen and oxygen atoms in total. The number of hydrogen-bond donors (Lipinski definition) is 2. The minimum atomic E-state index is 0.0607. The fourth-order valence-corrected chi connectivity index (χ4v) is 1.40. The van der Waals surface area contributed by atoms with Gasteiger partial charge in [-0.1, -0.05) is 25.4 Å². The van der Waals surface area contributed by atoms with Crippen LogP contribution in [0.2, 0.25) is 5.02 Å². The maximum absolute atomic E-state index is 8.92. The third-order valence-corrected chi connectivity index (χ3v) is 2.72. The van der Waals surface area contributed by atoms with Crippen molar-refractivity contribution in [2.45, 2.75) is 19.9 Å². The van der Waals surface area contributed by atoms with Crippen molar-refractivity contribution in [2.75, 3.05) is 11.9 Å². The summed E-state index contributed by atoms with van der Waals surface area (Å²) in [7, 11) is 0. The number of halogens is 1. The smallest absolute Gasteiger partial charge is 0.101 e. The highest BCUT2D eigenvalue weighted by molar-refractivity contribution is 6.30. The molecule has 1 atom stereocenters. The molecule has 0 aliphatic heterocycles. The second-order valence-corrected chi connectivity index (χ2v) is 4.53. The molecule has 1 aromatic rings. The maximum atomic E-state index is 8.92. The van der Waals surface area contributed by atoms with Gasteiger partial charge in [0.1, 0.15) is 6.07 Å². The molecule has 3 N–H and O–H groups in total. The van der Waals surface area contributed by atoms with Gasteiger partial charge in [-0.3, -0.25) is 0 Å². The average Bonchev–Trinajstić information content (AvgIpc) is 2.25. The van der Waals surface area contributed by atoms with Gasteiger partial charge in [0.15, 0.2) is 0 Å². The number of nitrogens with zero attached hydrogens (tertiary/aromatic N) is 1. The molecule has 0 saturated heterocycles. The molecule has 16 heavy (non-hydrogen) atoms. The van der Waals surface area contributed by atoms with E-state index in [2.05, 4.69) is 25.2 Å². The lowest BCUT2D eigenvalue weighted by molar-refractivity contribution is 0.511. The van der Waals surface area contributed by atoms with E-state index in [9.17, 15) is 0 Å². The van der Waals surface area contributed by atoms with Gasteiger partial charge in [0, 0.05) is 17.6 Å². The fourth-order valence-electron chi connectivity index (χ4n) is 1.22. The van der Waals surface area contributed by atoms with Crippen LogP contribution in [0.25, 0.3) is 0 Å². The van der Waals surface area contributed by atoms with Crippen molar-refractivity contribution in [1.82, 2.24) is 0 Å². The summed E-state index contributed by atoms with van der Waals surface area (Å²) in [5.41, 5.74) is 7.24. The van der Waals surface area contributed by atoms with Crippen LogP contribution >= 0.6 is 11.6 Å². The summed E-state index contributed by atoms with van der Waals surface area (Å²) in [5.74, 6) is 0.400. The minimum absolute atomic E-state index is 0.0607. The third kappa shape index (κ3) is 3.41. The molecule has 86 valence electrons. The molecule has 0 spiro atoms. The molecule has 0 heterocycles. The van der Waals surface area contributed by atoms with Crippen molar-refractivity contribution >= 4 is 17.3 Å². The molecule has 0 fully saturated rings. The summed E-state index contributed by atoms with van der Waals surface area (Å²) in [6.07, 6.45) is 0. The number of nitrogens with one attached hydrogen (secondary N) is 1. The monoisotopic (exact) mass is 237 g/mol. The van der Waals surface area contributed by atoms with Crippen molar-refractivity contribution in [3.8, 4) is 6.07 Å². The van der Waals surface area contributed by atoms with E-state index in [0.717, 1.165) is 5.69 Å². The molecule has 4 heteroatoms. The zero-order valence-corrected chi connectivity index (χ0v) is 10.3. The van der Waals surface area contributed by atoms with Crippen LogP contribution in [0.5, 0.6) is 0 Å². The summed E-state index contributed by atoms with van der Waals surface area (Å²) in [5, 5.41) is 12.7. The lowest BCUT2D eigenvalue weighted by Gasteiger charge is -2.17. The van der Waals surface area contributed by atoms with E-state index in [-0.39, 0.29) is 6.04 Å². The van der Waals surface area contributed by atoms with E-state index in [0.29, 0.717) is 23.0 Å². The number of benzene rings is 1. The second-order valence-electron chi connectivity index (χ2n) is 4.09. The molecule has 0 aliphatic rings. The molecule has 0 amide bonds. The minimum Gasteiger partial charge on any atom is -0.382 e. The van der Waals surface area contributed by atoms with Gasteiger partial charge in [-0.05, 0) is 24.1 Å². The van der Waals surface area contributed by atoms with Gasteiger partial charge in [-0.25, -0.2) is 0 Å². The van der Waals surface area contributed by atoms with Crippen molar-refractivity contribution in [3.05, 3.63) is 28.8 Å². The molecule has 0 bridgehead atoms. The normalized spacial score (nSPS) is 12.2. The van der Waals surface area contributed by atoms with Gasteiger partial charge in [-0.15, -0.1) is 0 Å². The highest BCUT2D eigenvalue weighted by Crippen LogP contribution is 2.20. The molecule has 1 rings (SSSR count). The highest BCUT2D eigenvalue weighted by Gasteiger charge is 2.08. The molecular weight excluding hydrogens is 222 g/mol. The molecule has 0 radical (unpaired) electrons. The van der Waals surface area contributed by atoms with Crippen LogP contribution in [0, 0.1) is 17.2 Å². The van der Waals surface area contributed by atoms with E-state index >= 15 is 0 Å². The van der Waals surface area contributed by atoms with Crippen LogP contribution in [0.1, 0.15) is 19.4 Å². The predicted octanol–water partition coefficient (Wildman–Crippen LogP) is 2.61. The number of nitriles is 1. The Bertz CT molecular complexity index is 396. The van der Waals surface area contributed by atoms with Gasteiger partial charge < -0.3 is 11.1 Å². The van der Waals surface area contributed by atoms with Crippen LogP contribution in [0.4, 0.5) is 5.69 Å². The molecule has 0 saturated carbocycles. The number of rotatable bonds is 4. The quantitative estimate of drug-likeness (QED) is 0.846. The summed E-state index contributed by atoms with van der Waals surface area (Å²) in [4.78, 5) is 0. The van der Waals surface area contributed by atoms with Crippen molar-refractivity contribution < 1.29 is 0 Å². The zero-order chi connectivity index (χ0) is 12.1. The van der Waals surface area contributed by atoms with Crippen LogP contribution < -0.4 is 11.1 Å². The van der Waals surface area contributed by atoms with E-state index in [1.54, 1.807) is 18.2 Å². The van der Waals surface area contributed by atoms with E-state index < -0.39 is 0 Å². The first-order valence-electron chi connectivity index (χ1n) is 5.23. The summed E-state index contributed by atoms with van der Waals surface area (Å²) >= 11 is 5.87. The van der Waals surface area contributed by atoms with E-state index in [1.807, 2.05) is 0 Å². The Balaban J connectivity index is 2.73. The number of hydrogen-bond acceptors (Lipinski definition) is 3. The Labute approximate surface area is 101 Å². The first kappa shape index (κ1) is 12.8. The summed E-state index contributed by atoms with van der Waals surface area (Å²) < 4.78 is 0. The van der Waals surface area contributed by atoms with Crippen LogP contribution in [0.3, 0.4) is 0 Å². The molecular formula is C12H16ClN3. The van der Waals surface area contributed by atoms with Crippen LogP contribution in [-0.2, 0) is 0 Å². The first-order valence-corrected chi connectivity index (χ1v) is 5.61. The highest BCUT2D eigenvalue weighted by atomic mass is 35.5. The predicted molar refractivity (Wildman–Crippen MR) is 67.5 cm³/mol. The molecule has 0 aliphatic carbocycles. The van der Waals surface area contributed by atoms with Crippen molar-refractivity contribution in [3.63, 3.8) is 0 Å². The van der Waals surface area contributed by atoms with E-state index in [1.165, 1.54) is 0 Å². The van der Waals surface area contributed by atoms with Gasteiger partial charge in [0.25, 0.3) is 0 Å².